The van der Waals surface area contributed by atoms with Gasteiger partial charge in [-0.05, 0) is 27.1 Å². The first-order valence-corrected chi connectivity index (χ1v) is 5.79. The molecule has 0 aromatic carbocycles. The highest BCUT2D eigenvalue weighted by atomic mass is 16.5. The van der Waals surface area contributed by atoms with E-state index in [0.717, 1.165) is 25.2 Å². The number of methoxy groups -OCH3 is 1. The average molecular weight is 250 g/mol. The molecule has 2 heterocycles. The van der Waals surface area contributed by atoms with E-state index >= 15 is 0 Å². The van der Waals surface area contributed by atoms with Crippen LogP contribution >= 0.6 is 0 Å². The molecule has 0 aliphatic rings. The molecule has 98 valence electrons. The van der Waals surface area contributed by atoms with Gasteiger partial charge in [0.05, 0.1) is 7.11 Å². The number of nitrogen functional groups attached to an aromatic ring is 1. The number of nitrogens with zero attached hydrogens (tertiary/aromatic N) is 5. The lowest BCUT2D eigenvalue weighted by Crippen LogP contribution is -2.15. The highest BCUT2D eigenvalue weighted by molar-refractivity contribution is 5.78. The maximum Gasteiger partial charge on any atom is 0.245 e. The van der Waals surface area contributed by atoms with Crippen molar-refractivity contribution in [3.05, 3.63) is 6.33 Å². The number of aromatic nitrogens is 4. The van der Waals surface area contributed by atoms with E-state index in [-0.39, 0.29) is 0 Å². The average Bonchev–Trinajstić information content (AvgIpc) is 2.65. The Morgan fingerprint density at radius 2 is 2.17 bits per heavy atom. The molecule has 2 aromatic rings. The van der Waals surface area contributed by atoms with Gasteiger partial charge in [-0.2, -0.15) is 4.98 Å². The van der Waals surface area contributed by atoms with Crippen molar-refractivity contribution in [2.24, 2.45) is 0 Å². The van der Waals surface area contributed by atoms with Crippen LogP contribution in [0.25, 0.3) is 11.2 Å². The van der Waals surface area contributed by atoms with Gasteiger partial charge in [0, 0.05) is 6.54 Å². The molecule has 0 fully saturated rings. The molecule has 0 aliphatic carbocycles. The molecule has 0 saturated heterocycles. The minimum atomic E-state index is 0.447. The van der Waals surface area contributed by atoms with Gasteiger partial charge in [-0.3, -0.25) is 4.57 Å². The van der Waals surface area contributed by atoms with Crippen LogP contribution < -0.4 is 10.5 Å². The van der Waals surface area contributed by atoms with E-state index in [9.17, 15) is 0 Å². The molecule has 0 aliphatic heterocycles. The van der Waals surface area contributed by atoms with E-state index in [1.165, 1.54) is 6.33 Å². The number of imidazole rings is 1. The van der Waals surface area contributed by atoms with Crippen LogP contribution in [0.5, 0.6) is 5.88 Å². The van der Waals surface area contributed by atoms with Gasteiger partial charge in [-0.25, -0.2) is 9.97 Å². The Balaban J connectivity index is 2.30. The van der Waals surface area contributed by atoms with Crippen LogP contribution in [0.3, 0.4) is 0 Å². The summed E-state index contributed by atoms with van der Waals surface area (Å²) in [6.45, 7) is 1.77. The van der Waals surface area contributed by atoms with Crippen molar-refractivity contribution in [3.63, 3.8) is 0 Å². The number of anilines is 1. The first-order chi connectivity index (χ1) is 8.63. The van der Waals surface area contributed by atoms with E-state index in [0.29, 0.717) is 17.3 Å². The van der Waals surface area contributed by atoms with Gasteiger partial charge in [0.2, 0.25) is 11.8 Å². The first kappa shape index (κ1) is 12.6. The van der Waals surface area contributed by atoms with Gasteiger partial charge in [0.25, 0.3) is 0 Å². The molecule has 0 bridgehead atoms. The summed E-state index contributed by atoms with van der Waals surface area (Å²) in [5.74, 6) is 0.903. The number of rotatable bonds is 5. The van der Waals surface area contributed by atoms with Crippen molar-refractivity contribution in [1.29, 1.82) is 0 Å². The summed E-state index contributed by atoms with van der Waals surface area (Å²) in [7, 11) is 5.64. The Morgan fingerprint density at radius 3 is 2.83 bits per heavy atom. The molecule has 0 amide bonds. The lowest BCUT2D eigenvalue weighted by atomic mass is 10.4. The third-order valence-electron chi connectivity index (χ3n) is 2.71. The largest absolute Gasteiger partial charge is 0.479 e. The number of hydrogen-bond donors (Lipinski definition) is 1. The highest BCUT2D eigenvalue weighted by Crippen LogP contribution is 2.22. The van der Waals surface area contributed by atoms with Crippen LogP contribution in [-0.2, 0) is 6.54 Å². The summed E-state index contributed by atoms with van der Waals surface area (Å²) in [5.41, 5.74) is 7.24. The third-order valence-corrected chi connectivity index (χ3v) is 2.71. The topological polar surface area (TPSA) is 82.1 Å². The summed E-state index contributed by atoms with van der Waals surface area (Å²) in [6.07, 6.45) is 2.44. The molecule has 18 heavy (non-hydrogen) atoms. The Labute approximate surface area is 106 Å². The second-order valence-corrected chi connectivity index (χ2v) is 4.33. The summed E-state index contributed by atoms with van der Waals surface area (Å²) < 4.78 is 7.04. The highest BCUT2D eigenvalue weighted by Gasteiger charge is 2.13. The summed E-state index contributed by atoms with van der Waals surface area (Å²) in [5, 5.41) is 0. The van der Waals surface area contributed by atoms with Crippen molar-refractivity contribution in [1.82, 2.24) is 24.4 Å². The van der Waals surface area contributed by atoms with E-state index in [1.807, 2.05) is 18.7 Å². The fraction of sp³-hybridized carbons (Fsp3) is 0.545. The summed E-state index contributed by atoms with van der Waals surface area (Å²) in [4.78, 5) is 14.6. The van der Waals surface area contributed by atoms with Gasteiger partial charge < -0.3 is 15.4 Å². The number of ether oxygens (including phenoxy) is 1. The van der Waals surface area contributed by atoms with Gasteiger partial charge in [0.15, 0.2) is 11.2 Å². The van der Waals surface area contributed by atoms with E-state index < -0.39 is 0 Å². The zero-order valence-electron chi connectivity index (χ0n) is 10.9. The van der Waals surface area contributed by atoms with E-state index in [4.69, 9.17) is 10.5 Å². The van der Waals surface area contributed by atoms with E-state index in [2.05, 4.69) is 19.9 Å². The van der Waals surface area contributed by atoms with Gasteiger partial charge in [-0.15, -0.1) is 0 Å². The molecular weight excluding hydrogens is 232 g/mol. The molecule has 0 spiro atoms. The lowest BCUT2D eigenvalue weighted by molar-refractivity contribution is 0.388. The number of nitrogens with two attached hydrogens (primary N) is 1. The fourth-order valence-electron chi connectivity index (χ4n) is 1.85. The predicted molar refractivity (Wildman–Crippen MR) is 69.5 cm³/mol. The Hall–Kier alpha value is -1.89. The maximum absolute atomic E-state index is 5.91. The van der Waals surface area contributed by atoms with Crippen LogP contribution in [0, 0.1) is 0 Å². The molecule has 7 heteroatoms. The van der Waals surface area contributed by atoms with Crippen molar-refractivity contribution < 1.29 is 4.74 Å². The summed E-state index contributed by atoms with van der Waals surface area (Å²) >= 11 is 0. The lowest BCUT2D eigenvalue weighted by Gasteiger charge is -2.10. The number of fused-ring (bicyclic) bond motifs is 1. The normalized spacial score (nSPS) is 11.3. The Kier molecular flexibility index (Phi) is 3.61. The van der Waals surface area contributed by atoms with Crippen LogP contribution in [-0.4, -0.2) is 52.2 Å². The van der Waals surface area contributed by atoms with Gasteiger partial charge >= 0.3 is 0 Å². The number of aryl methyl sites for hydroxylation is 1. The van der Waals surface area contributed by atoms with Crippen LogP contribution in [0.4, 0.5) is 5.95 Å². The Morgan fingerprint density at radius 1 is 1.39 bits per heavy atom. The first-order valence-electron chi connectivity index (χ1n) is 5.79. The second-order valence-electron chi connectivity index (χ2n) is 4.33. The minimum Gasteiger partial charge on any atom is -0.479 e. The maximum atomic E-state index is 5.91. The zero-order chi connectivity index (χ0) is 13.1. The van der Waals surface area contributed by atoms with Gasteiger partial charge in [0.1, 0.15) is 6.33 Å². The third kappa shape index (κ3) is 2.35. The Bertz CT molecular complexity index is 536. The molecular formula is C11H18N6O. The molecule has 2 aromatic heterocycles. The predicted octanol–water partition coefficient (Wildman–Crippen LogP) is 0.369. The molecule has 0 atom stereocenters. The van der Waals surface area contributed by atoms with Crippen molar-refractivity contribution in [2.75, 3.05) is 33.5 Å². The smallest absolute Gasteiger partial charge is 0.245 e. The molecule has 7 nitrogen and oxygen atoms in total. The van der Waals surface area contributed by atoms with Crippen molar-refractivity contribution in [3.8, 4) is 5.88 Å². The standard InChI is InChI=1S/C11H18N6O/c1-16(2)5-4-6-17-9-8(15-11(17)12)10(18-3)14-7-13-9/h7H,4-6H2,1-3H3,(H2,12,15). The fourth-order valence-corrected chi connectivity index (χ4v) is 1.85. The zero-order valence-corrected chi connectivity index (χ0v) is 10.9. The molecule has 2 N–H and O–H groups in total. The quantitative estimate of drug-likeness (QED) is 0.825. The molecule has 0 radical (unpaired) electrons. The van der Waals surface area contributed by atoms with Crippen molar-refractivity contribution in [2.45, 2.75) is 13.0 Å². The molecule has 2 rings (SSSR count). The van der Waals surface area contributed by atoms with Crippen molar-refractivity contribution >= 4 is 17.1 Å². The molecule has 0 unspecified atom stereocenters. The summed E-state index contributed by atoms with van der Waals surface area (Å²) in [6, 6.07) is 0. The minimum absolute atomic E-state index is 0.447. The molecule has 0 saturated carbocycles. The van der Waals surface area contributed by atoms with Gasteiger partial charge in [-0.1, -0.05) is 0 Å². The number of hydrogen-bond acceptors (Lipinski definition) is 6. The monoisotopic (exact) mass is 250 g/mol. The van der Waals surface area contributed by atoms with E-state index in [1.54, 1.807) is 7.11 Å². The second kappa shape index (κ2) is 5.18. The van der Waals surface area contributed by atoms with Crippen LogP contribution in [0.15, 0.2) is 6.33 Å². The van der Waals surface area contributed by atoms with Crippen LogP contribution in [0.1, 0.15) is 6.42 Å². The SMILES string of the molecule is COc1ncnc2c1nc(N)n2CCCN(C)C. The van der Waals surface area contributed by atoms with Crippen LogP contribution in [0.2, 0.25) is 0 Å².